The van der Waals surface area contributed by atoms with E-state index in [1.54, 1.807) is 4.90 Å². The third-order valence-corrected chi connectivity index (χ3v) is 3.83. The van der Waals surface area contributed by atoms with E-state index in [2.05, 4.69) is 14.9 Å². The number of non-ortho nitro benzene ring substituents is 1. The van der Waals surface area contributed by atoms with Gasteiger partial charge in [-0.1, -0.05) is 6.92 Å². The summed E-state index contributed by atoms with van der Waals surface area (Å²) in [6.07, 6.45) is 0.723. The van der Waals surface area contributed by atoms with Gasteiger partial charge in [-0.15, -0.1) is 0 Å². The zero-order valence-electron chi connectivity index (χ0n) is 11.1. The van der Waals surface area contributed by atoms with Crippen LogP contribution in [-0.2, 0) is 4.79 Å². The van der Waals surface area contributed by atoms with Crippen molar-refractivity contribution in [2.45, 2.75) is 19.4 Å². The largest absolute Gasteiger partial charge is 0.480 e. The van der Waals surface area contributed by atoms with E-state index in [1.807, 2.05) is 6.92 Å². The van der Waals surface area contributed by atoms with Crippen molar-refractivity contribution in [1.29, 1.82) is 0 Å². The van der Waals surface area contributed by atoms with Gasteiger partial charge in [0, 0.05) is 12.6 Å². The molecule has 1 aliphatic heterocycles. The van der Waals surface area contributed by atoms with Crippen molar-refractivity contribution < 1.29 is 19.5 Å². The number of benzene rings is 1. The van der Waals surface area contributed by atoms with Gasteiger partial charge < -0.3 is 10.0 Å². The number of carboxylic acids is 1. The highest BCUT2D eigenvalue weighted by molar-refractivity contribution is 5.95. The number of carboxylic acid groups (broad SMARTS) is 1. The highest BCUT2D eigenvalue weighted by Gasteiger charge is 2.38. The Labute approximate surface area is 118 Å². The predicted octanol–water partition coefficient (Wildman–Crippen LogP) is 1.43. The van der Waals surface area contributed by atoms with Crippen LogP contribution in [-0.4, -0.2) is 38.9 Å². The Morgan fingerprint density at radius 1 is 1.48 bits per heavy atom. The summed E-state index contributed by atoms with van der Waals surface area (Å²) < 4.78 is 4.60. The van der Waals surface area contributed by atoms with Crippen LogP contribution in [0, 0.1) is 16.0 Å². The van der Waals surface area contributed by atoms with Gasteiger partial charge >= 0.3 is 11.7 Å². The maximum absolute atomic E-state index is 11.4. The fourth-order valence-corrected chi connectivity index (χ4v) is 2.81. The minimum absolute atomic E-state index is 0.0207. The first-order valence-electron chi connectivity index (χ1n) is 6.40. The SMILES string of the molecule is CC1CCN(c2ccc([N+](=O)[O-])c3nonc23)C1C(=O)O. The maximum atomic E-state index is 11.4. The Morgan fingerprint density at radius 2 is 2.19 bits per heavy atom. The van der Waals surface area contributed by atoms with Gasteiger partial charge in [-0.05, 0) is 28.7 Å². The molecule has 0 radical (unpaired) electrons. The van der Waals surface area contributed by atoms with E-state index in [9.17, 15) is 20.0 Å². The normalized spacial score (nSPS) is 21.9. The molecule has 1 saturated heterocycles. The Balaban J connectivity index is 2.13. The minimum Gasteiger partial charge on any atom is -0.480 e. The third kappa shape index (κ3) is 1.97. The van der Waals surface area contributed by atoms with Gasteiger partial charge in [-0.25, -0.2) is 9.42 Å². The Hall–Kier alpha value is -2.71. The average molecular weight is 292 g/mol. The Bertz CT molecular complexity index is 728. The lowest BCUT2D eigenvalue weighted by Crippen LogP contribution is -2.39. The third-order valence-electron chi connectivity index (χ3n) is 3.83. The van der Waals surface area contributed by atoms with Crippen LogP contribution in [0.25, 0.3) is 11.0 Å². The predicted molar refractivity (Wildman–Crippen MR) is 71.0 cm³/mol. The topological polar surface area (TPSA) is 123 Å². The van der Waals surface area contributed by atoms with Crippen molar-refractivity contribution in [1.82, 2.24) is 10.3 Å². The molecule has 9 nitrogen and oxygen atoms in total. The van der Waals surface area contributed by atoms with E-state index >= 15 is 0 Å². The van der Waals surface area contributed by atoms with Crippen LogP contribution < -0.4 is 4.90 Å². The van der Waals surface area contributed by atoms with Gasteiger partial charge in [0.2, 0.25) is 5.52 Å². The Morgan fingerprint density at radius 3 is 2.86 bits per heavy atom. The molecule has 1 fully saturated rings. The second-order valence-corrected chi connectivity index (χ2v) is 5.06. The highest BCUT2D eigenvalue weighted by Crippen LogP contribution is 2.36. The van der Waals surface area contributed by atoms with Crippen LogP contribution in [0.1, 0.15) is 13.3 Å². The van der Waals surface area contributed by atoms with E-state index in [1.165, 1.54) is 12.1 Å². The molecule has 21 heavy (non-hydrogen) atoms. The number of carbonyl (C=O) groups is 1. The number of aromatic nitrogens is 2. The number of fused-ring (bicyclic) bond motifs is 1. The number of anilines is 1. The van der Waals surface area contributed by atoms with Gasteiger partial charge in [0.05, 0.1) is 10.6 Å². The van der Waals surface area contributed by atoms with Gasteiger partial charge in [0.1, 0.15) is 6.04 Å². The summed E-state index contributed by atoms with van der Waals surface area (Å²) in [7, 11) is 0. The van der Waals surface area contributed by atoms with Gasteiger partial charge in [-0.3, -0.25) is 10.1 Å². The van der Waals surface area contributed by atoms with E-state index in [0.29, 0.717) is 12.2 Å². The molecule has 2 heterocycles. The fourth-order valence-electron chi connectivity index (χ4n) is 2.81. The fraction of sp³-hybridized carbons (Fsp3) is 0.417. The summed E-state index contributed by atoms with van der Waals surface area (Å²) in [6, 6.07) is 2.11. The Kier molecular flexibility index (Phi) is 2.96. The molecule has 1 aliphatic rings. The van der Waals surface area contributed by atoms with Gasteiger partial charge in [-0.2, -0.15) is 0 Å². The van der Waals surface area contributed by atoms with Crippen molar-refractivity contribution in [3.8, 4) is 0 Å². The molecule has 0 aliphatic carbocycles. The number of nitro benzene ring substituents is 1. The summed E-state index contributed by atoms with van der Waals surface area (Å²) >= 11 is 0. The summed E-state index contributed by atoms with van der Waals surface area (Å²) in [5, 5.41) is 27.6. The van der Waals surface area contributed by atoms with Crippen LogP contribution >= 0.6 is 0 Å². The van der Waals surface area contributed by atoms with Crippen molar-refractivity contribution in [2.75, 3.05) is 11.4 Å². The zero-order chi connectivity index (χ0) is 15.1. The van der Waals surface area contributed by atoms with Crippen molar-refractivity contribution in [3.05, 3.63) is 22.2 Å². The molecule has 3 rings (SSSR count). The lowest BCUT2D eigenvalue weighted by Gasteiger charge is -2.25. The number of hydrogen-bond acceptors (Lipinski definition) is 7. The second kappa shape index (κ2) is 4.69. The van der Waals surface area contributed by atoms with Crippen LogP contribution in [0.2, 0.25) is 0 Å². The first-order chi connectivity index (χ1) is 10.0. The van der Waals surface area contributed by atoms with Crippen LogP contribution in [0.3, 0.4) is 0 Å². The molecule has 1 N–H and O–H groups in total. The summed E-state index contributed by atoms with van der Waals surface area (Å²) in [5.74, 6) is -0.949. The quantitative estimate of drug-likeness (QED) is 0.665. The summed E-state index contributed by atoms with van der Waals surface area (Å²) in [5.41, 5.74) is 0.522. The molecule has 110 valence electrons. The first-order valence-corrected chi connectivity index (χ1v) is 6.40. The maximum Gasteiger partial charge on any atom is 0.326 e. The molecular formula is C12H12N4O5. The van der Waals surface area contributed by atoms with E-state index in [-0.39, 0.29) is 22.6 Å². The molecule has 9 heteroatoms. The minimum atomic E-state index is -0.928. The summed E-state index contributed by atoms with van der Waals surface area (Å²) in [6.45, 7) is 2.40. The van der Waals surface area contributed by atoms with Crippen molar-refractivity contribution >= 4 is 28.4 Å². The molecular weight excluding hydrogens is 280 g/mol. The van der Waals surface area contributed by atoms with Crippen molar-refractivity contribution in [2.24, 2.45) is 5.92 Å². The van der Waals surface area contributed by atoms with Gasteiger partial charge in [0.15, 0.2) is 5.52 Å². The lowest BCUT2D eigenvalue weighted by atomic mass is 10.0. The average Bonchev–Trinajstić information content (AvgIpc) is 3.03. The zero-order valence-corrected chi connectivity index (χ0v) is 11.1. The highest BCUT2D eigenvalue weighted by atomic mass is 16.6. The molecule has 0 amide bonds. The van der Waals surface area contributed by atoms with Gasteiger partial charge in [0.25, 0.3) is 0 Å². The molecule has 1 aromatic heterocycles. The van der Waals surface area contributed by atoms with Crippen molar-refractivity contribution in [3.63, 3.8) is 0 Å². The number of hydrogen-bond donors (Lipinski definition) is 1. The monoisotopic (exact) mass is 292 g/mol. The van der Waals surface area contributed by atoms with E-state index < -0.39 is 16.9 Å². The first kappa shape index (κ1) is 13.3. The number of nitrogens with zero attached hydrogens (tertiary/aromatic N) is 4. The molecule has 2 aromatic rings. The number of rotatable bonds is 3. The van der Waals surface area contributed by atoms with Crippen LogP contribution in [0.5, 0.6) is 0 Å². The van der Waals surface area contributed by atoms with E-state index in [4.69, 9.17) is 0 Å². The molecule has 0 spiro atoms. The molecule has 1 aromatic carbocycles. The number of nitro groups is 1. The second-order valence-electron chi connectivity index (χ2n) is 5.06. The van der Waals surface area contributed by atoms with Crippen LogP contribution in [0.4, 0.5) is 11.4 Å². The molecule has 0 saturated carbocycles. The molecule has 0 bridgehead atoms. The standard InChI is InChI=1S/C12H12N4O5/c1-6-4-5-15(11(6)12(17)18)7-2-3-8(16(19)20)10-9(7)13-21-14-10/h2-3,6,11H,4-5H2,1H3,(H,17,18). The summed E-state index contributed by atoms with van der Waals surface area (Å²) in [4.78, 5) is 23.5. The van der Waals surface area contributed by atoms with E-state index in [0.717, 1.165) is 6.42 Å². The smallest absolute Gasteiger partial charge is 0.326 e. The number of aliphatic carboxylic acids is 1. The molecule has 2 unspecified atom stereocenters. The lowest BCUT2D eigenvalue weighted by molar-refractivity contribution is -0.383. The molecule has 2 atom stereocenters. The van der Waals surface area contributed by atoms with Crippen LogP contribution in [0.15, 0.2) is 16.8 Å².